The van der Waals surface area contributed by atoms with Gasteiger partial charge in [0.15, 0.2) is 0 Å². The molecule has 0 aromatic carbocycles. The van der Waals surface area contributed by atoms with Crippen LogP contribution < -0.4 is 5.32 Å². The van der Waals surface area contributed by atoms with Gasteiger partial charge in [0.05, 0.1) is 5.56 Å². The van der Waals surface area contributed by atoms with Crippen molar-refractivity contribution < 1.29 is 15.0 Å². The van der Waals surface area contributed by atoms with E-state index in [1.807, 2.05) is 20.8 Å². The lowest BCUT2D eigenvalue weighted by Gasteiger charge is -2.20. The lowest BCUT2D eigenvalue weighted by atomic mass is 10.1. The zero-order valence-electron chi connectivity index (χ0n) is 11.7. The Labute approximate surface area is 113 Å². The van der Waals surface area contributed by atoms with Crippen molar-refractivity contribution in [3.63, 3.8) is 0 Å². The molecule has 2 atom stereocenters. The van der Waals surface area contributed by atoms with Crippen LogP contribution in [0, 0.1) is 5.92 Å². The summed E-state index contributed by atoms with van der Waals surface area (Å²) in [5.41, 5.74) is 1.01. The Morgan fingerprint density at radius 3 is 2.63 bits per heavy atom. The highest BCUT2D eigenvalue weighted by atomic mass is 16.4. The van der Waals surface area contributed by atoms with Crippen molar-refractivity contribution in [1.82, 2.24) is 4.98 Å². The summed E-state index contributed by atoms with van der Waals surface area (Å²) in [6, 6.07) is 3.16. The summed E-state index contributed by atoms with van der Waals surface area (Å²) in [6.07, 6.45) is 1.66. The lowest BCUT2D eigenvalue weighted by molar-refractivity contribution is 0.0696. The largest absolute Gasteiger partial charge is 0.478 e. The molecule has 3 N–H and O–H groups in total. The zero-order chi connectivity index (χ0) is 14.4. The van der Waals surface area contributed by atoms with E-state index in [0.717, 1.165) is 18.5 Å². The number of aryl methyl sites for hydroxylation is 1. The number of carbonyl (C=O) groups is 1. The average Bonchev–Trinajstić information content (AvgIpc) is 2.37. The molecule has 0 fully saturated rings. The summed E-state index contributed by atoms with van der Waals surface area (Å²) in [4.78, 5) is 15.5. The minimum absolute atomic E-state index is 0.0241. The molecule has 0 saturated heterocycles. The molecule has 1 aromatic rings. The number of aromatic carboxylic acids is 1. The number of aliphatic hydroxyl groups excluding tert-OH is 1. The van der Waals surface area contributed by atoms with Crippen molar-refractivity contribution in [2.24, 2.45) is 5.92 Å². The van der Waals surface area contributed by atoms with Crippen molar-refractivity contribution >= 4 is 11.8 Å². The molecule has 0 aliphatic heterocycles. The number of rotatable bonds is 7. The van der Waals surface area contributed by atoms with Gasteiger partial charge in [-0.15, -0.1) is 0 Å². The fourth-order valence-electron chi connectivity index (χ4n) is 1.70. The van der Waals surface area contributed by atoms with E-state index in [1.165, 1.54) is 6.07 Å². The highest BCUT2D eigenvalue weighted by Crippen LogP contribution is 2.15. The predicted molar refractivity (Wildman–Crippen MR) is 74.5 cm³/mol. The molecule has 0 amide bonds. The van der Waals surface area contributed by atoms with Gasteiger partial charge in [0.1, 0.15) is 5.82 Å². The van der Waals surface area contributed by atoms with Crippen LogP contribution in [0.1, 0.15) is 43.2 Å². The number of carboxylic acids is 1. The molecular weight excluding hydrogens is 244 g/mol. The topological polar surface area (TPSA) is 82.5 Å². The Kier molecular flexibility index (Phi) is 5.76. The van der Waals surface area contributed by atoms with E-state index in [9.17, 15) is 4.79 Å². The van der Waals surface area contributed by atoms with Crippen LogP contribution in [0.5, 0.6) is 0 Å². The minimum atomic E-state index is -0.953. The van der Waals surface area contributed by atoms with Gasteiger partial charge in [-0.2, -0.15) is 0 Å². The van der Waals surface area contributed by atoms with Crippen LogP contribution in [0.3, 0.4) is 0 Å². The molecule has 1 aromatic heterocycles. The number of aromatic nitrogens is 1. The minimum Gasteiger partial charge on any atom is -0.478 e. The van der Waals surface area contributed by atoms with Crippen LogP contribution in [0.4, 0.5) is 5.82 Å². The Morgan fingerprint density at radius 1 is 1.42 bits per heavy atom. The first-order valence-electron chi connectivity index (χ1n) is 6.59. The normalized spacial score (nSPS) is 13.9. The molecule has 0 aliphatic rings. The molecule has 5 heteroatoms. The second-order valence-electron chi connectivity index (χ2n) is 4.88. The predicted octanol–water partition coefficient (Wildman–Crippen LogP) is 2.16. The van der Waals surface area contributed by atoms with E-state index in [0.29, 0.717) is 5.82 Å². The summed E-state index contributed by atoms with van der Waals surface area (Å²) < 4.78 is 0. The number of pyridine rings is 1. The maximum atomic E-state index is 11.1. The summed E-state index contributed by atoms with van der Waals surface area (Å²) in [6.45, 7) is 5.97. The van der Waals surface area contributed by atoms with E-state index in [-0.39, 0.29) is 24.1 Å². The second-order valence-corrected chi connectivity index (χ2v) is 4.88. The molecular formula is C14H22N2O3. The first-order valence-corrected chi connectivity index (χ1v) is 6.59. The molecule has 106 valence electrons. The van der Waals surface area contributed by atoms with Gasteiger partial charge >= 0.3 is 5.97 Å². The van der Waals surface area contributed by atoms with E-state index in [4.69, 9.17) is 10.2 Å². The van der Waals surface area contributed by atoms with Crippen LogP contribution in [0.2, 0.25) is 0 Å². The first kappa shape index (κ1) is 15.4. The van der Waals surface area contributed by atoms with Crippen molar-refractivity contribution in [3.8, 4) is 0 Å². The number of aliphatic hydroxyl groups is 1. The number of anilines is 1. The Balaban J connectivity index is 2.95. The summed E-state index contributed by atoms with van der Waals surface area (Å²) in [5, 5.41) is 21.4. The average molecular weight is 266 g/mol. The Morgan fingerprint density at radius 2 is 2.11 bits per heavy atom. The maximum absolute atomic E-state index is 11.1. The van der Waals surface area contributed by atoms with Gasteiger partial charge in [-0.3, -0.25) is 0 Å². The van der Waals surface area contributed by atoms with Gasteiger partial charge in [-0.05, 0) is 31.4 Å². The third-order valence-corrected chi connectivity index (χ3v) is 3.15. The van der Waals surface area contributed by atoms with Gasteiger partial charge in [-0.1, -0.05) is 20.3 Å². The van der Waals surface area contributed by atoms with Crippen molar-refractivity contribution in [1.29, 1.82) is 0 Å². The van der Waals surface area contributed by atoms with Crippen molar-refractivity contribution in [2.75, 3.05) is 11.9 Å². The van der Waals surface area contributed by atoms with Crippen LogP contribution in [-0.4, -0.2) is 33.8 Å². The highest BCUT2D eigenvalue weighted by molar-refractivity contribution is 5.88. The van der Waals surface area contributed by atoms with E-state index in [2.05, 4.69) is 10.3 Å². The molecule has 1 rings (SSSR count). The van der Waals surface area contributed by atoms with Crippen LogP contribution >= 0.6 is 0 Å². The SMILES string of the molecule is CCCc1cc(C(=O)O)cc(NC(C)C(C)CO)n1. The monoisotopic (exact) mass is 266 g/mol. The first-order chi connectivity index (χ1) is 8.97. The standard InChI is InChI=1S/C14H22N2O3/c1-4-5-12-6-11(14(18)19)7-13(16-12)15-10(3)9(2)8-17/h6-7,9-10,17H,4-5,8H2,1-3H3,(H,15,16)(H,18,19). The third kappa shape index (κ3) is 4.52. The number of hydrogen-bond donors (Lipinski definition) is 3. The fraction of sp³-hybridized carbons (Fsp3) is 0.571. The molecule has 5 nitrogen and oxygen atoms in total. The molecule has 0 saturated carbocycles. The molecule has 0 bridgehead atoms. The molecule has 0 spiro atoms. The molecule has 0 radical (unpaired) electrons. The number of nitrogens with zero attached hydrogens (tertiary/aromatic N) is 1. The fourth-order valence-corrected chi connectivity index (χ4v) is 1.70. The summed E-state index contributed by atoms with van der Waals surface area (Å²) >= 11 is 0. The van der Waals surface area contributed by atoms with Crippen LogP contribution in [-0.2, 0) is 6.42 Å². The second kappa shape index (κ2) is 7.09. The van der Waals surface area contributed by atoms with Gasteiger partial charge in [0, 0.05) is 18.3 Å². The Bertz CT molecular complexity index is 435. The number of nitrogens with one attached hydrogen (secondary N) is 1. The van der Waals surface area contributed by atoms with Crippen LogP contribution in [0.15, 0.2) is 12.1 Å². The zero-order valence-corrected chi connectivity index (χ0v) is 11.7. The summed E-state index contributed by atoms with van der Waals surface area (Å²) in [7, 11) is 0. The van der Waals surface area contributed by atoms with E-state index in [1.54, 1.807) is 6.07 Å². The van der Waals surface area contributed by atoms with E-state index < -0.39 is 5.97 Å². The summed E-state index contributed by atoms with van der Waals surface area (Å²) in [5.74, 6) is -0.327. The molecule has 19 heavy (non-hydrogen) atoms. The molecule has 2 unspecified atom stereocenters. The third-order valence-electron chi connectivity index (χ3n) is 3.15. The Hall–Kier alpha value is -1.62. The maximum Gasteiger partial charge on any atom is 0.335 e. The lowest BCUT2D eigenvalue weighted by Crippen LogP contribution is -2.27. The van der Waals surface area contributed by atoms with Crippen molar-refractivity contribution in [3.05, 3.63) is 23.4 Å². The number of carboxylic acid groups (broad SMARTS) is 1. The van der Waals surface area contributed by atoms with Gasteiger partial charge < -0.3 is 15.5 Å². The van der Waals surface area contributed by atoms with Crippen LogP contribution in [0.25, 0.3) is 0 Å². The van der Waals surface area contributed by atoms with Gasteiger partial charge in [0.2, 0.25) is 0 Å². The van der Waals surface area contributed by atoms with Crippen molar-refractivity contribution in [2.45, 2.75) is 39.7 Å². The highest BCUT2D eigenvalue weighted by Gasteiger charge is 2.14. The van der Waals surface area contributed by atoms with E-state index >= 15 is 0 Å². The number of hydrogen-bond acceptors (Lipinski definition) is 4. The van der Waals surface area contributed by atoms with Gasteiger partial charge in [0.25, 0.3) is 0 Å². The van der Waals surface area contributed by atoms with Gasteiger partial charge in [-0.25, -0.2) is 9.78 Å². The molecule has 0 aliphatic carbocycles. The smallest absolute Gasteiger partial charge is 0.335 e. The quantitative estimate of drug-likeness (QED) is 0.704. The molecule has 1 heterocycles.